The third-order valence-electron chi connectivity index (χ3n) is 3.86. The smallest absolute Gasteiger partial charge is 0.337 e. The average molecular weight is 312 g/mol. The van der Waals surface area contributed by atoms with Crippen molar-refractivity contribution in [2.45, 2.75) is 49.5 Å². The van der Waals surface area contributed by atoms with Crippen LogP contribution < -0.4 is 10.5 Å². The van der Waals surface area contributed by atoms with Crippen LogP contribution in [0.3, 0.4) is 0 Å². The largest absolute Gasteiger partial charge is 0.478 e. The summed E-state index contributed by atoms with van der Waals surface area (Å²) < 4.78 is 27.7. The minimum absolute atomic E-state index is 0.218. The quantitative estimate of drug-likeness (QED) is 0.736. The molecule has 1 aliphatic carbocycles. The fraction of sp³-hybridized carbons (Fsp3) is 0.500. The molecule has 0 aliphatic heterocycles. The van der Waals surface area contributed by atoms with E-state index in [0.717, 1.165) is 32.1 Å². The Morgan fingerprint density at radius 2 is 1.90 bits per heavy atom. The van der Waals surface area contributed by atoms with Crippen molar-refractivity contribution in [1.29, 1.82) is 0 Å². The molecule has 1 aliphatic rings. The van der Waals surface area contributed by atoms with Gasteiger partial charge in [0.2, 0.25) is 10.0 Å². The Morgan fingerprint density at radius 1 is 1.29 bits per heavy atom. The highest BCUT2D eigenvalue weighted by Gasteiger charge is 2.33. The zero-order valence-electron chi connectivity index (χ0n) is 11.9. The third kappa shape index (κ3) is 3.54. The van der Waals surface area contributed by atoms with Crippen LogP contribution in [-0.2, 0) is 10.0 Å². The lowest BCUT2D eigenvalue weighted by molar-refractivity contribution is 0.0692. The standard InChI is InChI=1S/C14H20N2O4S/c1-14(7-3-2-4-8-14)16-21(19,20)12-6-5-10(15)9-11(12)13(17)18/h5-6,9,16H,2-4,7-8,15H2,1H3,(H,17,18). The minimum Gasteiger partial charge on any atom is -0.478 e. The summed E-state index contributed by atoms with van der Waals surface area (Å²) in [5.74, 6) is -1.31. The lowest BCUT2D eigenvalue weighted by Gasteiger charge is -2.34. The predicted molar refractivity (Wildman–Crippen MR) is 79.6 cm³/mol. The average Bonchev–Trinajstić information content (AvgIpc) is 2.37. The molecule has 1 fully saturated rings. The summed E-state index contributed by atoms with van der Waals surface area (Å²) in [6, 6.07) is 3.80. The summed E-state index contributed by atoms with van der Waals surface area (Å²) in [5.41, 5.74) is 4.93. The lowest BCUT2D eigenvalue weighted by atomic mass is 9.84. The van der Waals surface area contributed by atoms with Crippen molar-refractivity contribution < 1.29 is 18.3 Å². The van der Waals surface area contributed by atoms with Crippen LogP contribution in [0.5, 0.6) is 0 Å². The van der Waals surface area contributed by atoms with Crippen LogP contribution in [0.4, 0.5) is 5.69 Å². The zero-order valence-corrected chi connectivity index (χ0v) is 12.7. The molecule has 116 valence electrons. The molecule has 0 saturated heterocycles. The van der Waals surface area contributed by atoms with E-state index in [4.69, 9.17) is 5.73 Å². The van der Waals surface area contributed by atoms with E-state index in [-0.39, 0.29) is 16.1 Å². The summed E-state index contributed by atoms with van der Waals surface area (Å²) in [4.78, 5) is 11.0. The Hall–Kier alpha value is -1.60. The number of anilines is 1. The van der Waals surface area contributed by atoms with Gasteiger partial charge in [-0.05, 0) is 38.0 Å². The van der Waals surface area contributed by atoms with Crippen molar-refractivity contribution in [2.75, 3.05) is 5.73 Å². The van der Waals surface area contributed by atoms with Crippen LogP contribution in [0.15, 0.2) is 23.1 Å². The number of benzene rings is 1. The first-order chi connectivity index (χ1) is 9.73. The number of nitrogens with two attached hydrogens (primary N) is 1. The Labute approximate surface area is 124 Å². The van der Waals surface area contributed by atoms with Crippen LogP contribution in [-0.4, -0.2) is 25.0 Å². The van der Waals surface area contributed by atoms with Crippen molar-refractivity contribution >= 4 is 21.7 Å². The molecule has 4 N–H and O–H groups in total. The highest BCUT2D eigenvalue weighted by molar-refractivity contribution is 7.89. The SMILES string of the molecule is CC1(NS(=O)(=O)c2ccc(N)cc2C(=O)O)CCCCC1. The molecule has 1 aromatic carbocycles. The molecule has 0 radical (unpaired) electrons. The van der Waals surface area contributed by atoms with Crippen molar-refractivity contribution in [1.82, 2.24) is 4.72 Å². The van der Waals surface area contributed by atoms with E-state index in [0.29, 0.717) is 0 Å². The van der Waals surface area contributed by atoms with Gasteiger partial charge in [0.25, 0.3) is 0 Å². The fourth-order valence-corrected chi connectivity index (χ4v) is 4.41. The number of carbonyl (C=O) groups is 1. The Morgan fingerprint density at radius 3 is 2.48 bits per heavy atom. The molecule has 1 aromatic rings. The molecule has 7 heteroatoms. The number of hydrogen-bond donors (Lipinski definition) is 3. The summed E-state index contributed by atoms with van der Waals surface area (Å²) >= 11 is 0. The number of aromatic carboxylic acids is 1. The monoisotopic (exact) mass is 312 g/mol. The van der Waals surface area contributed by atoms with E-state index in [9.17, 15) is 18.3 Å². The highest BCUT2D eigenvalue weighted by Crippen LogP contribution is 2.30. The fourth-order valence-electron chi connectivity index (χ4n) is 2.76. The number of carboxylic acid groups (broad SMARTS) is 1. The van der Waals surface area contributed by atoms with Gasteiger partial charge in [0, 0.05) is 11.2 Å². The summed E-state index contributed by atoms with van der Waals surface area (Å²) in [6.07, 6.45) is 4.53. The molecule has 21 heavy (non-hydrogen) atoms. The second kappa shape index (κ2) is 5.65. The van der Waals surface area contributed by atoms with E-state index in [1.807, 2.05) is 6.92 Å². The maximum atomic E-state index is 12.5. The van der Waals surface area contributed by atoms with Gasteiger partial charge < -0.3 is 10.8 Å². The van der Waals surface area contributed by atoms with Crippen LogP contribution >= 0.6 is 0 Å². The van der Waals surface area contributed by atoms with Crippen LogP contribution in [0.1, 0.15) is 49.4 Å². The summed E-state index contributed by atoms with van der Waals surface area (Å²) in [7, 11) is -3.90. The number of nitrogen functional groups attached to an aromatic ring is 1. The van der Waals surface area contributed by atoms with Crippen LogP contribution in [0.25, 0.3) is 0 Å². The van der Waals surface area contributed by atoms with Gasteiger partial charge >= 0.3 is 5.97 Å². The number of rotatable bonds is 4. The lowest BCUT2D eigenvalue weighted by Crippen LogP contribution is -2.47. The number of hydrogen-bond acceptors (Lipinski definition) is 4. The Kier molecular flexibility index (Phi) is 4.25. The molecule has 0 spiro atoms. The summed E-state index contributed by atoms with van der Waals surface area (Å²) in [5, 5.41) is 9.18. The van der Waals surface area contributed by atoms with E-state index < -0.39 is 21.5 Å². The Balaban J connectivity index is 2.38. The number of sulfonamides is 1. The first kappa shape index (κ1) is 15.8. The maximum Gasteiger partial charge on any atom is 0.337 e. The molecule has 1 saturated carbocycles. The zero-order chi connectivity index (χ0) is 15.7. The van der Waals surface area contributed by atoms with Crippen LogP contribution in [0, 0.1) is 0 Å². The molecule has 0 bridgehead atoms. The molecule has 0 heterocycles. The van der Waals surface area contributed by atoms with Gasteiger partial charge in [-0.15, -0.1) is 0 Å². The molecular formula is C14H20N2O4S. The first-order valence-electron chi connectivity index (χ1n) is 6.90. The van der Waals surface area contributed by atoms with Gasteiger partial charge in [0.1, 0.15) is 0 Å². The molecular weight excluding hydrogens is 292 g/mol. The predicted octanol–water partition coefficient (Wildman–Crippen LogP) is 1.97. The molecule has 2 rings (SSSR count). The van der Waals surface area contributed by atoms with Crippen molar-refractivity contribution in [3.05, 3.63) is 23.8 Å². The minimum atomic E-state index is -3.90. The second-order valence-corrected chi connectivity index (χ2v) is 7.44. The topological polar surface area (TPSA) is 109 Å². The van der Waals surface area contributed by atoms with Gasteiger partial charge in [0.15, 0.2) is 0 Å². The van der Waals surface area contributed by atoms with E-state index in [2.05, 4.69) is 4.72 Å². The number of carboxylic acids is 1. The number of nitrogens with one attached hydrogen (secondary N) is 1. The maximum absolute atomic E-state index is 12.5. The second-order valence-electron chi connectivity index (χ2n) is 5.79. The molecule has 0 amide bonds. The van der Waals surface area contributed by atoms with Gasteiger partial charge in [-0.1, -0.05) is 19.3 Å². The molecule has 0 unspecified atom stereocenters. The molecule has 0 aromatic heterocycles. The molecule has 0 atom stereocenters. The first-order valence-corrected chi connectivity index (χ1v) is 8.39. The summed E-state index contributed by atoms with van der Waals surface area (Å²) in [6.45, 7) is 1.86. The van der Waals surface area contributed by atoms with E-state index in [1.54, 1.807) is 0 Å². The van der Waals surface area contributed by atoms with Crippen molar-refractivity contribution in [3.63, 3.8) is 0 Å². The van der Waals surface area contributed by atoms with Gasteiger partial charge in [-0.3, -0.25) is 0 Å². The van der Waals surface area contributed by atoms with Crippen LogP contribution in [0.2, 0.25) is 0 Å². The highest BCUT2D eigenvalue weighted by atomic mass is 32.2. The van der Waals surface area contributed by atoms with Crippen molar-refractivity contribution in [3.8, 4) is 0 Å². The third-order valence-corrected chi connectivity index (χ3v) is 5.56. The van der Waals surface area contributed by atoms with E-state index >= 15 is 0 Å². The normalized spacial score (nSPS) is 18.3. The van der Waals surface area contributed by atoms with Gasteiger partial charge in [0.05, 0.1) is 10.5 Å². The Bertz CT molecular complexity index is 649. The molecule has 6 nitrogen and oxygen atoms in total. The van der Waals surface area contributed by atoms with Gasteiger partial charge in [-0.2, -0.15) is 0 Å². The van der Waals surface area contributed by atoms with Gasteiger partial charge in [-0.25, -0.2) is 17.9 Å². The van der Waals surface area contributed by atoms with E-state index in [1.165, 1.54) is 18.2 Å². The van der Waals surface area contributed by atoms with Crippen molar-refractivity contribution in [2.24, 2.45) is 0 Å².